The molecule has 3 rings (SSSR count). The van der Waals surface area contributed by atoms with E-state index in [4.69, 9.17) is 0 Å². The first-order valence-electron chi connectivity index (χ1n) is 8.12. The standard InChI is InChI=1S/C19H19FN4O/c1-2-14-11-18(24-19(23-14)13-7-9-21-10-8-13)22-12-17(25)15-5-3-4-6-16(15)20/h3-11,17,25H,2,12H2,1H3,(H,22,23,24). The van der Waals surface area contributed by atoms with E-state index in [2.05, 4.69) is 20.3 Å². The Kier molecular flexibility index (Phi) is 5.30. The highest BCUT2D eigenvalue weighted by Gasteiger charge is 2.13. The Bertz CT molecular complexity index is 842. The van der Waals surface area contributed by atoms with E-state index in [-0.39, 0.29) is 12.1 Å². The topological polar surface area (TPSA) is 70.9 Å². The van der Waals surface area contributed by atoms with Crippen molar-refractivity contribution in [3.05, 3.63) is 71.9 Å². The maximum atomic E-state index is 13.8. The molecule has 1 aromatic carbocycles. The smallest absolute Gasteiger partial charge is 0.161 e. The fourth-order valence-electron chi connectivity index (χ4n) is 2.46. The Morgan fingerprint density at radius 2 is 1.88 bits per heavy atom. The lowest BCUT2D eigenvalue weighted by Crippen LogP contribution is -2.15. The van der Waals surface area contributed by atoms with Crippen molar-refractivity contribution in [3.8, 4) is 11.4 Å². The molecule has 0 aliphatic heterocycles. The average molecular weight is 338 g/mol. The maximum Gasteiger partial charge on any atom is 0.161 e. The van der Waals surface area contributed by atoms with E-state index in [1.54, 1.807) is 30.6 Å². The lowest BCUT2D eigenvalue weighted by molar-refractivity contribution is 0.186. The monoisotopic (exact) mass is 338 g/mol. The van der Waals surface area contributed by atoms with E-state index < -0.39 is 11.9 Å². The molecule has 128 valence electrons. The number of aliphatic hydroxyl groups excluding tert-OH is 1. The van der Waals surface area contributed by atoms with Gasteiger partial charge in [-0.15, -0.1) is 0 Å². The Labute approximate surface area is 145 Å². The van der Waals surface area contributed by atoms with Gasteiger partial charge in [0.2, 0.25) is 0 Å². The summed E-state index contributed by atoms with van der Waals surface area (Å²) in [4.78, 5) is 13.0. The maximum absolute atomic E-state index is 13.8. The van der Waals surface area contributed by atoms with E-state index in [9.17, 15) is 9.50 Å². The number of nitrogens with zero attached hydrogens (tertiary/aromatic N) is 3. The molecule has 6 heteroatoms. The van der Waals surface area contributed by atoms with Crippen molar-refractivity contribution >= 4 is 5.82 Å². The summed E-state index contributed by atoms with van der Waals surface area (Å²) in [6, 6.07) is 11.7. The predicted molar refractivity (Wildman–Crippen MR) is 94.5 cm³/mol. The SMILES string of the molecule is CCc1cc(NCC(O)c2ccccc2F)nc(-c2ccncc2)n1. The number of aryl methyl sites for hydroxylation is 1. The molecule has 0 fully saturated rings. The molecule has 1 unspecified atom stereocenters. The molecular weight excluding hydrogens is 319 g/mol. The predicted octanol–water partition coefficient (Wildman–Crippen LogP) is 3.39. The quantitative estimate of drug-likeness (QED) is 0.721. The molecule has 2 heterocycles. The summed E-state index contributed by atoms with van der Waals surface area (Å²) in [5.41, 5.74) is 2.00. The van der Waals surface area contributed by atoms with Crippen molar-refractivity contribution in [2.45, 2.75) is 19.4 Å². The molecule has 0 spiro atoms. The van der Waals surface area contributed by atoms with Crippen molar-refractivity contribution in [2.24, 2.45) is 0 Å². The van der Waals surface area contributed by atoms with Crippen molar-refractivity contribution in [3.63, 3.8) is 0 Å². The number of anilines is 1. The van der Waals surface area contributed by atoms with Gasteiger partial charge in [0.25, 0.3) is 0 Å². The Morgan fingerprint density at radius 1 is 1.12 bits per heavy atom. The number of pyridine rings is 1. The van der Waals surface area contributed by atoms with Gasteiger partial charge in [0.05, 0.1) is 6.10 Å². The zero-order valence-corrected chi connectivity index (χ0v) is 13.9. The fraction of sp³-hybridized carbons (Fsp3) is 0.211. The van der Waals surface area contributed by atoms with Gasteiger partial charge in [0.1, 0.15) is 11.6 Å². The number of hydrogen-bond donors (Lipinski definition) is 2. The first-order chi connectivity index (χ1) is 12.2. The summed E-state index contributed by atoms with van der Waals surface area (Å²) in [6.07, 6.45) is 3.16. The van der Waals surface area contributed by atoms with Crippen LogP contribution in [0.15, 0.2) is 54.9 Å². The third-order valence-corrected chi connectivity index (χ3v) is 3.82. The number of hydrogen-bond acceptors (Lipinski definition) is 5. The second kappa shape index (κ2) is 7.81. The van der Waals surface area contributed by atoms with Gasteiger partial charge >= 0.3 is 0 Å². The minimum atomic E-state index is -0.967. The third kappa shape index (κ3) is 4.16. The van der Waals surface area contributed by atoms with Gasteiger partial charge in [0, 0.05) is 41.8 Å². The zero-order chi connectivity index (χ0) is 17.6. The van der Waals surface area contributed by atoms with Gasteiger partial charge < -0.3 is 10.4 Å². The van der Waals surface area contributed by atoms with Crippen LogP contribution in [-0.2, 0) is 6.42 Å². The average Bonchev–Trinajstić information content (AvgIpc) is 2.67. The van der Waals surface area contributed by atoms with Gasteiger partial charge in [-0.05, 0) is 24.6 Å². The minimum Gasteiger partial charge on any atom is -0.386 e. The van der Waals surface area contributed by atoms with E-state index in [0.717, 1.165) is 17.7 Å². The van der Waals surface area contributed by atoms with Crippen molar-refractivity contribution < 1.29 is 9.50 Å². The van der Waals surface area contributed by atoms with E-state index in [1.807, 2.05) is 25.1 Å². The van der Waals surface area contributed by atoms with Gasteiger partial charge in [-0.3, -0.25) is 4.98 Å². The molecule has 0 saturated heterocycles. The summed E-state index contributed by atoms with van der Waals surface area (Å²) in [5.74, 6) is 0.755. The van der Waals surface area contributed by atoms with Gasteiger partial charge in [-0.2, -0.15) is 0 Å². The molecule has 2 aromatic heterocycles. The highest BCUT2D eigenvalue weighted by Crippen LogP contribution is 2.20. The summed E-state index contributed by atoms with van der Waals surface area (Å²) in [6.45, 7) is 2.16. The molecule has 25 heavy (non-hydrogen) atoms. The van der Waals surface area contributed by atoms with Gasteiger partial charge in [-0.1, -0.05) is 25.1 Å². The molecule has 0 aliphatic carbocycles. The molecule has 0 aliphatic rings. The van der Waals surface area contributed by atoms with Gasteiger partial charge in [-0.25, -0.2) is 14.4 Å². The Balaban J connectivity index is 1.79. The van der Waals surface area contributed by atoms with Crippen LogP contribution in [0, 0.1) is 5.82 Å². The molecule has 0 bridgehead atoms. The molecule has 2 N–H and O–H groups in total. The number of halogens is 1. The van der Waals surface area contributed by atoms with E-state index in [1.165, 1.54) is 6.07 Å². The van der Waals surface area contributed by atoms with Crippen molar-refractivity contribution in [2.75, 3.05) is 11.9 Å². The molecule has 0 saturated carbocycles. The number of aromatic nitrogens is 3. The molecule has 0 amide bonds. The first-order valence-corrected chi connectivity index (χ1v) is 8.12. The van der Waals surface area contributed by atoms with Crippen LogP contribution in [-0.4, -0.2) is 26.6 Å². The van der Waals surface area contributed by atoms with Crippen LogP contribution in [0.3, 0.4) is 0 Å². The molecule has 0 radical (unpaired) electrons. The zero-order valence-electron chi connectivity index (χ0n) is 13.9. The van der Waals surface area contributed by atoms with Crippen molar-refractivity contribution in [1.29, 1.82) is 0 Å². The lowest BCUT2D eigenvalue weighted by Gasteiger charge is -2.14. The second-order valence-corrected chi connectivity index (χ2v) is 5.58. The summed E-state index contributed by atoms with van der Waals surface area (Å²) in [7, 11) is 0. The first kappa shape index (κ1) is 17.0. The lowest BCUT2D eigenvalue weighted by atomic mass is 10.1. The minimum absolute atomic E-state index is 0.150. The number of nitrogens with one attached hydrogen (secondary N) is 1. The summed E-state index contributed by atoms with van der Waals surface area (Å²) >= 11 is 0. The van der Waals surface area contributed by atoms with Crippen LogP contribution in [0.4, 0.5) is 10.2 Å². The molecule has 1 atom stereocenters. The number of benzene rings is 1. The van der Waals surface area contributed by atoms with Crippen LogP contribution in [0.5, 0.6) is 0 Å². The fourth-order valence-corrected chi connectivity index (χ4v) is 2.46. The number of rotatable bonds is 6. The van der Waals surface area contributed by atoms with E-state index in [0.29, 0.717) is 11.6 Å². The van der Waals surface area contributed by atoms with Crippen LogP contribution in [0.2, 0.25) is 0 Å². The Morgan fingerprint density at radius 3 is 2.60 bits per heavy atom. The largest absolute Gasteiger partial charge is 0.386 e. The van der Waals surface area contributed by atoms with Crippen molar-refractivity contribution in [1.82, 2.24) is 15.0 Å². The summed E-state index contributed by atoms with van der Waals surface area (Å²) < 4.78 is 13.8. The number of aliphatic hydroxyl groups is 1. The normalized spacial score (nSPS) is 12.0. The highest BCUT2D eigenvalue weighted by atomic mass is 19.1. The van der Waals surface area contributed by atoms with Crippen LogP contribution < -0.4 is 5.32 Å². The molecule has 3 aromatic rings. The summed E-state index contributed by atoms with van der Waals surface area (Å²) in [5, 5.41) is 13.3. The highest BCUT2D eigenvalue weighted by molar-refractivity contribution is 5.56. The Hall–Kier alpha value is -2.86. The van der Waals surface area contributed by atoms with E-state index >= 15 is 0 Å². The van der Waals surface area contributed by atoms with Crippen LogP contribution in [0.1, 0.15) is 24.3 Å². The van der Waals surface area contributed by atoms with Crippen LogP contribution >= 0.6 is 0 Å². The molecule has 5 nitrogen and oxygen atoms in total. The van der Waals surface area contributed by atoms with Gasteiger partial charge in [0.15, 0.2) is 5.82 Å². The molecular formula is C19H19FN4O. The second-order valence-electron chi connectivity index (χ2n) is 5.58. The third-order valence-electron chi connectivity index (χ3n) is 3.82. The van der Waals surface area contributed by atoms with Crippen LogP contribution in [0.25, 0.3) is 11.4 Å².